The lowest BCUT2D eigenvalue weighted by Crippen LogP contribution is -2.19. The van der Waals surface area contributed by atoms with Gasteiger partial charge in [-0.1, -0.05) is 30.3 Å². The van der Waals surface area contributed by atoms with Crippen LogP contribution in [0.2, 0.25) is 0 Å². The summed E-state index contributed by atoms with van der Waals surface area (Å²) in [5.74, 6) is 0.964. The van der Waals surface area contributed by atoms with Crippen molar-refractivity contribution < 1.29 is 4.74 Å². The summed E-state index contributed by atoms with van der Waals surface area (Å²) in [5.41, 5.74) is 7.04. The Labute approximate surface area is 107 Å². The van der Waals surface area contributed by atoms with E-state index in [1.165, 1.54) is 0 Å². The average molecular weight is 246 g/mol. The summed E-state index contributed by atoms with van der Waals surface area (Å²) < 4.78 is 7.08. The van der Waals surface area contributed by atoms with Crippen LogP contribution >= 0.6 is 0 Å². The molecule has 0 amide bonds. The summed E-state index contributed by atoms with van der Waals surface area (Å²) >= 11 is 0. The number of methoxy groups -OCH3 is 1. The zero-order valence-electron chi connectivity index (χ0n) is 10.5. The van der Waals surface area contributed by atoms with E-state index in [2.05, 4.69) is 22.3 Å². The fraction of sp³-hybridized carbons (Fsp3) is 0.385. The van der Waals surface area contributed by atoms with Crippen molar-refractivity contribution >= 4 is 0 Å². The Morgan fingerprint density at radius 2 is 2.11 bits per heavy atom. The molecule has 1 unspecified atom stereocenters. The first-order valence-electron chi connectivity index (χ1n) is 5.98. The Hall–Kier alpha value is -1.72. The van der Waals surface area contributed by atoms with Crippen LogP contribution < -0.4 is 5.73 Å². The highest BCUT2D eigenvalue weighted by Gasteiger charge is 2.18. The van der Waals surface area contributed by atoms with Gasteiger partial charge in [0.15, 0.2) is 0 Å². The number of nitrogens with zero attached hydrogens (tertiary/aromatic N) is 3. The molecule has 1 aromatic carbocycles. The van der Waals surface area contributed by atoms with Gasteiger partial charge in [0.1, 0.15) is 12.2 Å². The van der Waals surface area contributed by atoms with E-state index in [-0.39, 0.29) is 5.92 Å². The van der Waals surface area contributed by atoms with Crippen molar-refractivity contribution in [2.24, 2.45) is 5.73 Å². The van der Waals surface area contributed by atoms with E-state index >= 15 is 0 Å². The van der Waals surface area contributed by atoms with Crippen LogP contribution in [0.5, 0.6) is 0 Å². The SMILES string of the molecule is COCCn1cnnc1C(CN)c1ccccc1. The van der Waals surface area contributed by atoms with E-state index in [1.54, 1.807) is 13.4 Å². The van der Waals surface area contributed by atoms with Gasteiger partial charge in [-0.3, -0.25) is 0 Å². The van der Waals surface area contributed by atoms with Crippen molar-refractivity contribution in [3.63, 3.8) is 0 Å². The summed E-state index contributed by atoms with van der Waals surface area (Å²) in [7, 11) is 1.68. The minimum absolute atomic E-state index is 0.0746. The molecule has 0 aliphatic heterocycles. The molecule has 5 heteroatoms. The van der Waals surface area contributed by atoms with Crippen LogP contribution in [0.15, 0.2) is 36.7 Å². The minimum Gasteiger partial charge on any atom is -0.383 e. The molecule has 0 spiro atoms. The average Bonchev–Trinajstić information content (AvgIpc) is 2.87. The summed E-state index contributed by atoms with van der Waals surface area (Å²) in [6.45, 7) is 1.88. The Morgan fingerprint density at radius 3 is 2.78 bits per heavy atom. The molecule has 2 rings (SSSR count). The summed E-state index contributed by atoms with van der Waals surface area (Å²) in [4.78, 5) is 0. The van der Waals surface area contributed by atoms with E-state index in [1.807, 2.05) is 22.8 Å². The van der Waals surface area contributed by atoms with Crippen LogP contribution in [-0.2, 0) is 11.3 Å². The molecule has 0 radical (unpaired) electrons. The maximum absolute atomic E-state index is 5.88. The van der Waals surface area contributed by atoms with Gasteiger partial charge >= 0.3 is 0 Å². The lowest BCUT2D eigenvalue weighted by Gasteiger charge is -2.15. The van der Waals surface area contributed by atoms with Gasteiger partial charge in [0.2, 0.25) is 0 Å². The predicted molar refractivity (Wildman–Crippen MR) is 69.2 cm³/mol. The standard InChI is InChI=1S/C13H18N4O/c1-18-8-7-17-10-15-16-13(17)12(9-14)11-5-3-2-4-6-11/h2-6,10,12H,7-9,14H2,1H3. The van der Waals surface area contributed by atoms with Crippen molar-refractivity contribution in [3.8, 4) is 0 Å². The number of ether oxygens (including phenoxy) is 1. The molecule has 5 nitrogen and oxygen atoms in total. The van der Waals surface area contributed by atoms with Crippen LogP contribution in [0.25, 0.3) is 0 Å². The first kappa shape index (κ1) is 12.7. The first-order valence-corrected chi connectivity index (χ1v) is 5.98. The number of aromatic nitrogens is 3. The van der Waals surface area contributed by atoms with Crippen molar-refractivity contribution in [1.29, 1.82) is 0 Å². The second-order valence-corrected chi connectivity index (χ2v) is 4.07. The second-order valence-electron chi connectivity index (χ2n) is 4.07. The number of hydrogen-bond donors (Lipinski definition) is 1. The van der Waals surface area contributed by atoms with Crippen LogP contribution in [0.4, 0.5) is 0 Å². The van der Waals surface area contributed by atoms with Crippen LogP contribution in [0.1, 0.15) is 17.3 Å². The van der Waals surface area contributed by atoms with Crippen LogP contribution in [0.3, 0.4) is 0 Å². The molecule has 1 atom stereocenters. The highest BCUT2D eigenvalue weighted by molar-refractivity contribution is 5.25. The molecule has 96 valence electrons. The molecule has 0 saturated heterocycles. The molecule has 18 heavy (non-hydrogen) atoms. The minimum atomic E-state index is 0.0746. The topological polar surface area (TPSA) is 66.0 Å². The second kappa shape index (κ2) is 6.28. The van der Waals surface area contributed by atoms with E-state index < -0.39 is 0 Å². The summed E-state index contributed by atoms with van der Waals surface area (Å²) in [6, 6.07) is 10.1. The number of rotatable bonds is 6. The number of nitrogens with two attached hydrogens (primary N) is 1. The fourth-order valence-electron chi connectivity index (χ4n) is 1.97. The van der Waals surface area contributed by atoms with E-state index in [4.69, 9.17) is 10.5 Å². The third-order valence-electron chi connectivity index (χ3n) is 2.93. The third-order valence-corrected chi connectivity index (χ3v) is 2.93. The van der Waals surface area contributed by atoms with Gasteiger partial charge in [-0.05, 0) is 5.56 Å². The third kappa shape index (κ3) is 2.75. The fourth-order valence-corrected chi connectivity index (χ4v) is 1.97. The molecule has 0 aliphatic rings. The molecule has 0 saturated carbocycles. The van der Waals surface area contributed by atoms with E-state index in [0.717, 1.165) is 17.9 Å². The van der Waals surface area contributed by atoms with Gasteiger partial charge in [-0.2, -0.15) is 0 Å². The predicted octanol–water partition coefficient (Wildman–Crippen LogP) is 1.02. The van der Waals surface area contributed by atoms with Crippen molar-refractivity contribution in [2.45, 2.75) is 12.5 Å². The number of benzene rings is 1. The molecular weight excluding hydrogens is 228 g/mol. The molecule has 0 bridgehead atoms. The number of hydrogen-bond acceptors (Lipinski definition) is 4. The quantitative estimate of drug-likeness (QED) is 0.826. The Morgan fingerprint density at radius 1 is 1.33 bits per heavy atom. The zero-order chi connectivity index (χ0) is 12.8. The monoisotopic (exact) mass is 246 g/mol. The summed E-state index contributed by atoms with van der Waals surface area (Å²) in [5, 5.41) is 8.17. The Balaban J connectivity index is 2.25. The molecule has 0 aliphatic carbocycles. The molecule has 2 N–H and O–H groups in total. The summed E-state index contributed by atoms with van der Waals surface area (Å²) in [6.07, 6.45) is 1.72. The van der Waals surface area contributed by atoms with E-state index in [0.29, 0.717) is 13.2 Å². The van der Waals surface area contributed by atoms with Gasteiger partial charge in [0.25, 0.3) is 0 Å². The lowest BCUT2D eigenvalue weighted by molar-refractivity contribution is 0.186. The van der Waals surface area contributed by atoms with E-state index in [9.17, 15) is 0 Å². The van der Waals surface area contributed by atoms with Gasteiger partial charge in [-0.15, -0.1) is 10.2 Å². The maximum Gasteiger partial charge on any atom is 0.141 e. The van der Waals surface area contributed by atoms with Crippen LogP contribution in [0, 0.1) is 0 Å². The smallest absolute Gasteiger partial charge is 0.141 e. The highest BCUT2D eigenvalue weighted by atomic mass is 16.5. The largest absolute Gasteiger partial charge is 0.383 e. The molecule has 0 fully saturated rings. The van der Waals surface area contributed by atoms with Gasteiger partial charge in [0, 0.05) is 20.2 Å². The molecule has 1 aromatic heterocycles. The molecule has 1 heterocycles. The van der Waals surface area contributed by atoms with Crippen molar-refractivity contribution in [3.05, 3.63) is 48.0 Å². The Kier molecular flexibility index (Phi) is 4.44. The van der Waals surface area contributed by atoms with Gasteiger partial charge in [0.05, 0.1) is 12.5 Å². The lowest BCUT2D eigenvalue weighted by atomic mass is 9.98. The maximum atomic E-state index is 5.88. The zero-order valence-corrected chi connectivity index (χ0v) is 10.5. The molecular formula is C13H18N4O. The highest BCUT2D eigenvalue weighted by Crippen LogP contribution is 2.21. The van der Waals surface area contributed by atoms with Crippen molar-refractivity contribution in [2.75, 3.05) is 20.3 Å². The first-order chi connectivity index (χ1) is 8.86. The van der Waals surface area contributed by atoms with Crippen LogP contribution in [-0.4, -0.2) is 35.0 Å². The van der Waals surface area contributed by atoms with Gasteiger partial charge in [-0.25, -0.2) is 0 Å². The van der Waals surface area contributed by atoms with Gasteiger partial charge < -0.3 is 15.0 Å². The normalized spacial score (nSPS) is 12.6. The Bertz CT molecular complexity index is 469. The van der Waals surface area contributed by atoms with Crippen molar-refractivity contribution in [1.82, 2.24) is 14.8 Å². The molecule has 2 aromatic rings.